The van der Waals surface area contributed by atoms with Gasteiger partial charge in [-0.1, -0.05) is 39.0 Å². The predicted molar refractivity (Wildman–Crippen MR) is 123 cm³/mol. The van der Waals surface area contributed by atoms with Gasteiger partial charge in [0.15, 0.2) is 0 Å². The van der Waals surface area contributed by atoms with Crippen molar-refractivity contribution in [1.29, 1.82) is 0 Å². The average Bonchev–Trinajstić information content (AvgIpc) is 3.40. The van der Waals surface area contributed by atoms with Crippen molar-refractivity contribution >= 4 is 22.6 Å². The van der Waals surface area contributed by atoms with E-state index in [1.165, 1.54) is 10.9 Å². The highest BCUT2D eigenvalue weighted by Gasteiger charge is 2.42. The zero-order valence-electron chi connectivity index (χ0n) is 18.9. The van der Waals surface area contributed by atoms with Crippen molar-refractivity contribution in [3.8, 4) is 0 Å². The van der Waals surface area contributed by atoms with Crippen molar-refractivity contribution < 1.29 is 4.79 Å². The van der Waals surface area contributed by atoms with Gasteiger partial charge in [-0.2, -0.15) is 0 Å². The van der Waals surface area contributed by atoms with E-state index < -0.39 is 0 Å². The van der Waals surface area contributed by atoms with E-state index >= 15 is 0 Å². The van der Waals surface area contributed by atoms with Crippen molar-refractivity contribution in [2.45, 2.75) is 32.6 Å². The second-order valence-corrected chi connectivity index (χ2v) is 10.2. The standard InChI is InChI=1S/C25H31N5O/c1-25(2,3)22-10-23(27-16-26-22)29-12-18-14-30(15-19(18)13-29)24(31)9-17-11-28(4)21-8-6-5-7-20(17)21/h5-8,10-11,16,18-19H,9,12-15H2,1-4H3. The summed E-state index contributed by atoms with van der Waals surface area (Å²) >= 11 is 0. The maximum atomic E-state index is 13.1. The first-order valence-corrected chi connectivity index (χ1v) is 11.2. The first-order valence-electron chi connectivity index (χ1n) is 11.2. The van der Waals surface area contributed by atoms with Crippen LogP contribution in [0, 0.1) is 11.8 Å². The lowest BCUT2D eigenvalue weighted by Gasteiger charge is -2.24. The Hall–Kier alpha value is -2.89. The number of anilines is 1. The lowest BCUT2D eigenvalue weighted by molar-refractivity contribution is -0.129. The molecule has 2 atom stereocenters. The minimum atomic E-state index is 0.0120. The van der Waals surface area contributed by atoms with Crippen molar-refractivity contribution in [3.63, 3.8) is 0 Å². The highest BCUT2D eigenvalue weighted by molar-refractivity contribution is 5.89. The molecule has 162 valence electrons. The Bertz CT molecular complexity index is 1110. The van der Waals surface area contributed by atoms with Gasteiger partial charge in [-0.15, -0.1) is 0 Å². The van der Waals surface area contributed by atoms with Crippen molar-refractivity contribution in [2.75, 3.05) is 31.1 Å². The zero-order valence-corrected chi connectivity index (χ0v) is 18.9. The van der Waals surface area contributed by atoms with Gasteiger partial charge < -0.3 is 14.4 Å². The highest BCUT2D eigenvalue weighted by Crippen LogP contribution is 2.34. The molecule has 31 heavy (non-hydrogen) atoms. The van der Waals surface area contributed by atoms with Crippen molar-refractivity contribution in [3.05, 3.63) is 54.1 Å². The molecule has 4 heterocycles. The fourth-order valence-electron chi connectivity index (χ4n) is 5.16. The molecule has 2 saturated heterocycles. The number of rotatable bonds is 3. The third kappa shape index (κ3) is 3.68. The Balaban J connectivity index is 1.24. The summed E-state index contributed by atoms with van der Waals surface area (Å²) in [6, 6.07) is 10.4. The van der Waals surface area contributed by atoms with Crippen molar-refractivity contribution in [2.24, 2.45) is 18.9 Å². The van der Waals surface area contributed by atoms with E-state index in [9.17, 15) is 4.79 Å². The molecule has 1 aromatic carbocycles. The van der Waals surface area contributed by atoms with E-state index in [0.717, 1.165) is 43.3 Å². The minimum absolute atomic E-state index is 0.0120. The fourth-order valence-corrected chi connectivity index (χ4v) is 5.16. The molecular weight excluding hydrogens is 386 g/mol. The van der Waals surface area contributed by atoms with Crippen LogP contribution in [0.5, 0.6) is 0 Å². The number of likely N-dealkylation sites (tertiary alicyclic amines) is 1. The Labute approximate surface area is 183 Å². The quantitative estimate of drug-likeness (QED) is 0.655. The van der Waals surface area contributed by atoms with E-state index in [4.69, 9.17) is 0 Å². The van der Waals surface area contributed by atoms with E-state index in [0.29, 0.717) is 18.3 Å². The van der Waals surface area contributed by atoms with Gasteiger partial charge in [-0.25, -0.2) is 9.97 Å². The van der Waals surface area contributed by atoms with Crippen LogP contribution in [-0.4, -0.2) is 51.5 Å². The number of hydrogen-bond acceptors (Lipinski definition) is 4. The number of aromatic nitrogens is 3. The lowest BCUT2D eigenvalue weighted by Crippen LogP contribution is -2.34. The van der Waals surface area contributed by atoms with E-state index in [-0.39, 0.29) is 11.3 Å². The zero-order chi connectivity index (χ0) is 21.8. The lowest BCUT2D eigenvalue weighted by atomic mass is 9.92. The molecule has 2 aliphatic rings. The first kappa shape index (κ1) is 20.0. The number of benzene rings is 1. The molecule has 0 saturated carbocycles. The number of carbonyl (C=O) groups is 1. The number of nitrogens with zero attached hydrogens (tertiary/aromatic N) is 5. The van der Waals surface area contributed by atoms with Crippen LogP contribution < -0.4 is 4.90 Å². The molecule has 1 amide bonds. The molecule has 0 bridgehead atoms. The van der Waals surface area contributed by atoms with Gasteiger partial charge in [0, 0.05) is 73.6 Å². The average molecular weight is 418 g/mol. The summed E-state index contributed by atoms with van der Waals surface area (Å²) in [7, 11) is 2.04. The van der Waals surface area contributed by atoms with Crippen LogP contribution in [0.3, 0.4) is 0 Å². The Morgan fingerprint density at radius 1 is 1.06 bits per heavy atom. The number of para-hydroxylation sites is 1. The summed E-state index contributed by atoms with van der Waals surface area (Å²) in [5, 5.41) is 1.18. The molecule has 5 rings (SSSR count). The normalized spacial score (nSPS) is 21.2. The Kier molecular flexibility index (Phi) is 4.76. The number of fused-ring (bicyclic) bond motifs is 2. The first-order chi connectivity index (χ1) is 14.8. The van der Waals surface area contributed by atoms with Gasteiger partial charge in [0.2, 0.25) is 5.91 Å². The van der Waals surface area contributed by atoms with Gasteiger partial charge >= 0.3 is 0 Å². The van der Waals surface area contributed by atoms with Gasteiger partial charge in [0.25, 0.3) is 0 Å². The van der Waals surface area contributed by atoms with E-state index in [1.54, 1.807) is 6.33 Å². The SMILES string of the molecule is Cn1cc(CC(=O)N2CC3CN(c4cc(C(C)(C)C)ncn4)CC3C2)c2ccccc21. The minimum Gasteiger partial charge on any atom is -0.356 e. The summed E-state index contributed by atoms with van der Waals surface area (Å²) in [5.74, 6) is 2.30. The summed E-state index contributed by atoms with van der Waals surface area (Å²) in [5.41, 5.74) is 3.38. The number of carbonyl (C=O) groups excluding carboxylic acids is 1. The van der Waals surface area contributed by atoms with Crippen LogP contribution in [-0.2, 0) is 23.7 Å². The van der Waals surface area contributed by atoms with Crippen LogP contribution >= 0.6 is 0 Å². The molecule has 2 fully saturated rings. The number of amides is 1. The predicted octanol–water partition coefficient (Wildman–Crippen LogP) is 3.40. The maximum absolute atomic E-state index is 13.1. The van der Waals surface area contributed by atoms with Gasteiger partial charge in [0.1, 0.15) is 12.1 Å². The molecule has 0 N–H and O–H groups in total. The van der Waals surface area contributed by atoms with E-state index in [2.05, 4.69) is 69.5 Å². The topological polar surface area (TPSA) is 54.3 Å². The highest BCUT2D eigenvalue weighted by atomic mass is 16.2. The molecule has 3 aromatic rings. The molecule has 0 spiro atoms. The van der Waals surface area contributed by atoms with Crippen molar-refractivity contribution in [1.82, 2.24) is 19.4 Å². The number of aryl methyl sites for hydroxylation is 1. The Morgan fingerprint density at radius 2 is 1.77 bits per heavy atom. The fraction of sp³-hybridized carbons (Fsp3) is 0.480. The molecule has 0 radical (unpaired) electrons. The van der Waals surface area contributed by atoms with Gasteiger partial charge in [0.05, 0.1) is 12.1 Å². The van der Waals surface area contributed by atoms with Crippen LogP contribution in [0.4, 0.5) is 5.82 Å². The van der Waals surface area contributed by atoms with Crippen LogP contribution in [0.1, 0.15) is 32.0 Å². The second-order valence-electron chi connectivity index (χ2n) is 10.2. The molecule has 2 aliphatic heterocycles. The third-order valence-corrected chi connectivity index (χ3v) is 6.91. The monoisotopic (exact) mass is 417 g/mol. The molecule has 0 aliphatic carbocycles. The third-order valence-electron chi connectivity index (χ3n) is 6.91. The summed E-state index contributed by atoms with van der Waals surface area (Å²) in [4.78, 5) is 26.5. The summed E-state index contributed by atoms with van der Waals surface area (Å²) in [6.07, 6.45) is 4.26. The van der Waals surface area contributed by atoms with E-state index in [1.807, 2.05) is 19.2 Å². The number of hydrogen-bond donors (Lipinski definition) is 0. The molecule has 6 heteroatoms. The molecule has 2 unspecified atom stereocenters. The van der Waals surface area contributed by atoms with Gasteiger partial charge in [-0.3, -0.25) is 4.79 Å². The van der Waals surface area contributed by atoms with Crippen LogP contribution in [0.2, 0.25) is 0 Å². The van der Waals surface area contributed by atoms with Crippen LogP contribution in [0.25, 0.3) is 10.9 Å². The smallest absolute Gasteiger partial charge is 0.227 e. The maximum Gasteiger partial charge on any atom is 0.227 e. The molecule has 6 nitrogen and oxygen atoms in total. The van der Waals surface area contributed by atoms with Gasteiger partial charge in [-0.05, 0) is 11.6 Å². The largest absolute Gasteiger partial charge is 0.356 e. The summed E-state index contributed by atoms with van der Waals surface area (Å²) < 4.78 is 2.11. The second kappa shape index (κ2) is 7.36. The Morgan fingerprint density at radius 3 is 2.48 bits per heavy atom. The summed E-state index contributed by atoms with van der Waals surface area (Å²) in [6.45, 7) is 10.2. The van der Waals surface area contributed by atoms with Crippen LogP contribution in [0.15, 0.2) is 42.9 Å². The molecule has 2 aromatic heterocycles. The molecular formula is C25H31N5O.